The monoisotopic (exact) mass is 229 g/mol. The van der Waals surface area contributed by atoms with Gasteiger partial charge in [0.1, 0.15) is 5.82 Å². The van der Waals surface area contributed by atoms with Gasteiger partial charge in [-0.2, -0.15) is 0 Å². The van der Waals surface area contributed by atoms with Gasteiger partial charge in [0.25, 0.3) is 0 Å². The van der Waals surface area contributed by atoms with Crippen LogP contribution in [0.3, 0.4) is 0 Å². The Morgan fingerprint density at radius 2 is 2.29 bits per heavy atom. The number of imidazole rings is 1. The highest BCUT2D eigenvalue weighted by atomic mass is 15.1. The zero-order valence-electron chi connectivity index (χ0n) is 10.5. The number of hydrogen-bond donors (Lipinski definition) is 1. The molecule has 17 heavy (non-hydrogen) atoms. The van der Waals surface area contributed by atoms with Crippen molar-refractivity contribution in [2.75, 3.05) is 13.1 Å². The minimum Gasteiger partial charge on any atom is -0.328 e. The fourth-order valence-electron chi connectivity index (χ4n) is 2.72. The predicted molar refractivity (Wildman–Crippen MR) is 70.2 cm³/mol. The second-order valence-electron chi connectivity index (χ2n) is 5.12. The van der Waals surface area contributed by atoms with Crippen LogP contribution in [-0.2, 0) is 6.54 Å². The largest absolute Gasteiger partial charge is 0.328 e. The first-order chi connectivity index (χ1) is 8.24. The lowest BCUT2D eigenvalue weighted by atomic mass is 10.1. The molecule has 1 N–H and O–H groups in total. The van der Waals surface area contributed by atoms with Crippen molar-refractivity contribution in [1.82, 2.24) is 14.9 Å². The van der Waals surface area contributed by atoms with Gasteiger partial charge < -0.3 is 9.88 Å². The summed E-state index contributed by atoms with van der Waals surface area (Å²) in [5, 5.41) is 3.43. The fraction of sp³-hybridized carbons (Fsp3) is 0.500. The third-order valence-electron chi connectivity index (χ3n) is 3.70. The van der Waals surface area contributed by atoms with Gasteiger partial charge in [0, 0.05) is 6.54 Å². The van der Waals surface area contributed by atoms with Crippen LogP contribution < -0.4 is 5.32 Å². The van der Waals surface area contributed by atoms with Crippen molar-refractivity contribution in [2.24, 2.45) is 5.92 Å². The highest BCUT2D eigenvalue weighted by molar-refractivity contribution is 5.76. The van der Waals surface area contributed by atoms with Crippen molar-refractivity contribution in [1.29, 1.82) is 0 Å². The summed E-state index contributed by atoms with van der Waals surface area (Å²) in [6.07, 6.45) is 1.28. The minimum absolute atomic E-state index is 0.757. The van der Waals surface area contributed by atoms with E-state index in [2.05, 4.69) is 46.9 Å². The van der Waals surface area contributed by atoms with Gasteiger partial charge in [0.15, 0.2) is 0 Å². The molecule has 90 valence electrons. The first-order valence-electron chi connectivity index (χ1n) is 6.38. The van der Waals surface area contributed by atoms with E-state index >= 15 is 0 Å². The van der Waals surface area contributed by atoms with E-state index in [1.165, 1.54) is 17.5 Å². The van der Waals surface area contributed by atoms with E-state index in [0.29, 0.717) is 0 Å². The first-order valence-corrected chi connectivity index (χ1v) is 6.38. The highest BCUT2D eigenvalue weighted by Crippen LogP contribution is 2.20. The Balaban J connectivity index is 1.99. The number of fused-ring (bicyclic) bond motifs is 1. The van der Waals surface area contributed by atoms with Gasteiger partial charge in [-0.1, -0.05) is 6.07 Å². The Labute approximate surface area is 102 Å². The topological polar surface area (TPSA) is 29.9 Å². The van der Waals surface area contributed by atoms with Crippen LogP contribution in [0, 0.1) is 19.8 Å². The van der Waals surface area contributed by atoms with Crippen LogP contribution in [0.4, 0.5) is 0 Å². The number of rotatable bonds is 2. The average Bonchev–Trinajstić information content (AvgIpc) is 2.88. The third-order valence-corrected chi connectivity index (χ3v) is 3.70. The van der Waals surface area contributed by atoms with Crippen molar-refractivity contribution in [3.63, 3.8) is 0 Å². The van der Waals surface area contributed by atoms with E-state index in [1.54, 1.807) is 0 Å². The molecular formula is C14H19N3. The number of benzene rings is 1. The average molecular weight is 229 g/mol. The summed E-state index contributed by atoms with van der Waals surface area (Å²) in [6.45, 7) is 7.63. The summed E-state index contributed by atoms with van der Waals surface area (Å²) in [7, 11) is 0. The normalized spacial score (nSPS) is 20.2. The standard InChI is InChI=1S/C14H19N3/c1-10-3-4-14-13(7-10)16-11(2)17(14)9-12-5-6-15-8-12/h3-4,7,12,15H,5-6,8-9H2,1-2H3. The molecule has 1 aromatic carbocycles. The second-order valence-corrected chi connectivity index (χ2v) is 5.12. The summed E-state index contributed by atoms with van der Waals surface area (Å²) in [5.74, 6) is 1.89. The Morgan fingerprint density at radius 1 is 1.41 bits per heavy atom. The highest BCUT2D eigenvalue weighted by Gasteiger charge is 2.17. The summed E-state index contributed by atoms with van der Waals surface area (Å²) in [4.78, 5) is 4.66. The van der Waals surface area contributed by atoms with Crippen LogP contribution in [0.5, 0.6) is 0 Å². The van der Waals surface area contributed by atoms with E-state index in [4.69, 9.17) is 0 Å². The van der Waals surface area contributed by atoms with Gasteiger partial charge >= 0.3 is 0 Å². The van der Waals surface area contributed by atoms with Gasteiger partial charge in [-0.3, -0.25) is 0 Å². The van der Waals surface area contributed by atoms with E-state index in [9.17, 15) is 0 Å². The number of aromatic nitrogens is 2. The van der Waals surface area contributed by atoms with Crippen LogP contribution in [0.2, 0.25) is 0 Å². The van der Waals surface area contributed by atoms with Gasteiger partial charge in [-0.15, -0.1) is 0 Å². The number of nitrogens with zero attached hydrogens (tertiary/aromatic N) is 2. The molecule has 3 rings (SSSR count). The molecule has 2 heterocycles. The lowest BCUT2D eigenvalue weighted by Gasteiger charge is -2.12. The Morgan fingerprint density at radius 3 is 3.06 bits per heavy atom. The van der Waals surface area contributed by atoms with Crippen LogP contribution in [-0.4, -0.2) is 22.6 Å². The second kappa shape index (κ2) is 4.15. The minimum atomic E-state index is 0.757. The summed E-state index contributed by atoms with van der Waals surface area (Å²) in [6, 6.07) is 6.55. The smallest absolute Gasteiger partial charge is 0.106 e. The molecule has 1 saturated heterocycles. The van der Waals surface area contributed by atoms with Crippen molar-refractivity contribution in [3.8, 4) is 0 Å². The molecule has 3 nitrogen and oxygen atoms in total. The quantitative estimate of drug-likeness (QED) is 0.856. The SMILES string of the molecule is Cc1ccc2c(c1)nc(C)n2CC1CCNC1. The molecule has 1 fully saturated rings. The van der Waals surface area contributed by atoms with Gasteiger partial charge in [-0.05, 0) is 57.0 Å². The van der Waals surface area contributed by atoms with Gasteiger partial charge in [0.05, 0.1) is 11.0 Å². The molecule has 1 aliphatic rings. The van der Waals surface area contributed by atoms with Crippen LogP contribution in [0.1, 0.15) is 17.8 Å². The maximum atomic E-state index is 4.66. The van der Waals surface area contributed by atoms with E-state index in [0.717, 1.165) is 36.9 Å². The summed E-state index contributed by atoms with van der Waals surface area (Å²) < 4.78 is 2.37. The molecule has 3 heteroatoms. The Hall–Kier alpha value is -1.35. The predicted octanol–water partition coefficient (Wildman–Crippen LogP) is 2.26. The van der Waals surface area contributed by atoms with Crippen molar-refractivity contribution in [2.45, 2.75) is 26.8 Å². The summed E-state index contributed by atoms with van der Waals surface area (Å²) in [5.41, 5.74) is 3.69. The molecular weight excluding hydrogens is 210 g/mol. The molecule has 0 bridgehead atoms. The van der Waals surface area contributed by atoms with E-state index < -0.39 is 0 Å². The maximum absolute atomic E-state index is 4.66. The molecule has 0 radical (unpaired) electrons. The molecule has 1 aliphatic heterocycles. The zero-order valence-corrected chi connectivity index (χ0v) is 10.5. The van der Waals surface area contributed by atoms with E-state index in [-0.39, 0.29) is 0 Å². The molecule has 1 atom stereocenters. The molecule has 0 aliphatic carbocycles. The molecule has 1 aromatic heterocycles. The number of nitrogens with one attached hydrogen (secondary N) is 1. The third kappa shape index (κ3) is 1.95. The van der Waals surface area contributed by atoms with Crippen molar-refractivity contribution in [3.05, 3.63) is 29.6 Å². The molecule has 1 unspecified atom stereocenters. The fourth-order valence-corrected chi connectivity index (χ4v) is 2.72. The van der Waals surface area contributed by atoms with Gasteiger partial charge in [0.2, 0.25) is 0 Å². The van der Waals surface area contributed by atoms with Crippen LogP contribution in [0.25, 0.3) is 11.0 Å². The number of hydrogen-bond acceptors (Lipinski definition) is 2. The van der Waals surface area contributed by atoms with Crippen LogP contribution in [0.15, 0.2) is 18.2 Å². The number of aryl methyl sites for hydroxylation is 2. The molecule has 2 aromatic rings. The van der Waals surface area contributed by atoms with E-state index in [1.807, 2.05) is 0 Å². The zero-order chi connectivity index (χ0) is 11.8. The van der Waals surface area contributed by atoms with Crippen LogP contribution >= 0.6 is 0 Å². The maximum Gasteiger partial charge on any atom is 0.106 e. The van der Waals surface area contributed by atoms with Gasteiger partial charge in [-0.25, -0.2) is 4.98 Å². The van der Waals surface area contributed by atoms with Crippen molar-refractivity contribution >= 4 is 11.0 Å². The lowest BCUT2D eigenvalue weighted by molar-refractivity contribution is 0.482. The molecule has 0 saturated carbocycles. The Kier molecular flexibility index (Phi) is 2.63. The Bertz CT molecular complexity index is 536. The lowest BCUT2D eigenvalue weighted by Crippen LogP contribution is -2.15. The van der Waals surface area contributed by atoms with Crippen molar-refractivity contribution < 1.29 is 0 Å². The summed E-state index contributed by atoms with van der Waals surface area (Å²) >= 11 is 0. The molecule has 0 amide bonds. The molecule has 0 spiro atoms. The first kappa shape index (κ1) is 10.8.